The van der Waals surface area contributed by atoms with Crippen LogP contribution < -0.4 is 5.32 Å². The third-order valence-corrected chi connectivity index (χ3v) is 3.75. The smallest absolute Gasteiger partial charge is 0.337 e. The Bertz CT molecular complexity index is 665. The molecule has 2 rings (SSSR count). The topological polar surface area (TPSA) is 79.3 Å². The van der Waals surface area contributed by atoms with Crippen molar-refractivity contribution < 1.29 is 14.7 Å². The minimum Gasteiger partial charge on any atom is -0.478 e. The van der Waals surface area contributed by atoms with Gasteiger partial charge in [-0.1, -0.05) is 11.6 Å². The zero-order valence-corrected chi connectivity index (χ0v) is 12.3. The molecule has 2 N–H and O–H groups in total. The van der Waals surface area contributed by atoms with Crippen LogP contribution in [-0.4, -0.2) is 27.7 Å². The summed E-state index contributed by atoms with van der Waals surface area (Å²) < 4.78 is 0. The normalized spacial score (nSPS) is 10.1. The second kappa shape index (κ2) is 7.10. The number of carboxylic acid groups (broad SMARTS) is 1. The molecule has 1 aromatic heterocycles. The zero-order valence-electron chi connectivity index (χ0n) is 10.7. The third kappa shape index (κ3) is 4.47. The van der Waals surface area contributed by atoms with Gasteiger partial charge in [0.15, 0.2) is 0 Å². The fourth-order valence-electron chi connectivity index (χ4n) is 1.57. The van der Waals surface area contributed by atoms with Crippen LogP contribution in [0.2, 0.25) is 5.02 Å². The van der Waals surface area contributed by atoms with Crippen molar-refractivity contribution in [3.05, 3.63) is 53.3 Å². The molecule has 1 heterocycles. The number of benzene rings is 1. The van der Waals surface area contributed by atoms with Gasteiger partial charge in [-0.25, -0.2) is 4.79 Å². The summed E-state index contributed by atoms with van der Waals surface area (Å²) in [6.45, 7) is 0. The highest BCUT2D eigenvalue weighted by molar-refractivity contribution is 8.00. The van der Waals surface area contributed by atoms with Crippen molar-refractivity contribution in [1.29, 1.82) is 0 Å². The lowest BCUT2D eigenvalue weighted by atomic mass is 10.2. The lowest BCUT2D eigenvalue weighted by Gasteiger charge is -2.08. The third-order valence-electron chi connectivity index (χ3n) is 2.51. The molecular formula is C14H11ClN2O3S. The first kappa shape index (κ1) is 15.3. The number of nitrogens with one attached hydrogen (secondary N) is 1. The molecule has 1 amide bonds. The first-order chi connectivity index (χ1) is 10.1. The molecule has 0 aliphatic heterocycles. The fraction of sp³-hybridized carbons (Fsp3) is 0.0714. The van der Waals surface area contributed by atoms with Gasteiger partial charge < -0.3 is 10.4 Å². The maximum Gasteiger partial charge on any atom is 0.337 e. The van der Waals surface area contributed by atoms with Crippen molar-refractivity contribution in [3.8, 4) is 0 Å². The van der Waals surface area contributed by atoms with E-state index in [0.717, 1.165) is 4.90 Å². The molecule has 7 heteroatoms. The molecule has 21 heavy (non-hydrogen) atoms. The van der Waals surface area contributed by atoms with E-state index in [0.29, 0.717) is 5.02 Å². The number of carbonyl (C=O) groups is 2. The monoisotopic (exact) mass is 322 g/mol. The minimum atomic E-state index is -1.14. The first-order valence-corrected chi connectivity index (χ1v) is 7.28. The molecule has 0 spiro atoms. The van der Waals surface area contributed by atoms with Crippen molar-refractivity contribution in [1.82, 2.24) is 4.98 Å². The number of hydrogen-bond donors (Lipinski definition) is 2. The number of amides is 1. The van der Waals surface area contributed by atoms with E-state index >= 15 is 0 Å². The Hall–Kier alpha value is -2.05. The summed E-state index contributed by atoms with van der Waals surface area (Å²) in [7, 11) is 0. The maximum atomic E-state index is 11.9. The van der Waals surface area contributed by atoms with E-state index in [9.17, 15) is 9.59 Å². The van der Waals surface area contributed by atoms with E-state index in [1.54, 1.807) is 24.5 Å². The van der Waals surface area contributed by atoms with Crippen LogP contribution >= 0.6 is 23.4 Å². The number of carboxylic acids is 1. The summed E-state index contributed by atoms with van der Waals surface area (Å²) in [4.78, 5) is 27.8. The highest BCUT2D eigenvalue weighted by Crippen LogP contribution is 2.22. The van der Waals surface area contributed by atoms with Crippen LogP contribution in [-0.2, 0) is 4.79 Å². The SMILES string of the molecule is O=C(CSc1ccncc1)Nc1ccc(Cl)cc1C(=O)O. The van der Waals surface area contributed by atoms with E-state index in [-0.39, 0.29) is 22.9 Å². The standard InChI is InChI=1S/C14H11ClN2O3S/c15-9-1-2-12(11(7-9)14(19)20)17-13(18)8-21-10-3-5-16-6-4-10/h1-7H,8H2,(H,17,18)(H,19,20). The summed E-state index contributed by atoms with van der Waals surface area (Å²) in [6, 6.07) is 7.89. The lowest BCUT2D eigenvalue weighted by Crippen LogP contribution is -2.16. The molecule has 0 aliphatic rings. The van der Waals surface area contributed by atoms with E-state index in [1.807, 2.05) is 0 Å². The van der Waals surface area contributed by atoms with Gasteiger partial charge in [-0.05, 0) is 30.3 Å². The Kier molecular flexibility index (Phi) is 5.19. The highest BCUT2D eigenvalue weighted by atomic mass is 35.5. The molecule has 0 unspecified atom stereocenters. The van der Waals surface area contributed by atoms with Crippen molar-refractivity contribution >= 4 is 40.9 Å². The van der Waals surface area contributed by atoms with Gasteiger partial charge in [0.25, 0.3) is 0 Å². The maximum absolute atomic E-state index is 11.9. The second-order valence-corrected chi connectivity index (χ2v) is 5.50. The Morgan fingerprint density at radius 1 is 1.24 bits per heavy atom. The number of halogens is 1. The van der Waals surface area contributed by atoms with E-state index in [4.69, 9.17) is 16.7 Å². The number of nitrogens with zero attached hydrogens (tertiary/aromatic N) is 1. The molecule has 1 aromatic carbocycles. The van der Waals surface area contributed by atoms with Gasteiger partial charge in [-0.15, -0.1) is 11.8 Å². The molecule has 0 atom stereocenters. The van der Waals surface area contributed by atoms with Crippen LogP contribution in [0.1, 0.15) is 10.4 Å². The quantitative estimate of drug-likeness (QED) is 0.827. The largest absolute Gasteiger partial charge is 0.478 e. The number of rotatable bonds is 5. The number of pyridine rings is 1. The van der Waals surface area contributed by atoms with Gasteiger partial charge in [0.2, 0.25) is 5.91 Å². The first-order valence-electron chi connectivity index (χ1n) is 5.92. The van der Waals surface area contributed by atoms with Gasteiger partial charge in [0, 0.05) is 22.3 Å². The number of anilines is 1. The molecular weight excluding hydrogens is 312 g/mol. The summed E-state index contributed by atoms with van der Waals surface area (Å²) in [5.74, 6) is -1.26. The van der Waals surface area contributed by atoms with Crippen LogP contribution in [0.4, 0.5) is 5.69 Å². The van der Waals surface area contributed by atoms with Crippen LogP contribution in [0.15, 0.2) is 47.6 Å². The summed E-state index contributed by atoms with van der Waals surface area (Å²) >= 11 is 7.09. The Morgan fingerprint density at radius 3 is 2.62 bits per heavy atom. The zero-order chi connectivity index (χ0) is 15.2. The van der Waals surface area contributed by atoms with Crippen LogP contribution in [0.5, 0.6) is 0 Å². The van der Waals surface area contributed by atoms with Crippen LogP contribution in [0.3, 0.4) is 0 Å². The molecule has 2 aromatic rings. The van der Waals surface area contributed by atoms with Gasteiger partial charge in [-0.2, -0.15) is 0 Å². The molecule has 0 bridgehead atoms. The molecule has 0 saturated heterocycles. The molecule has 108 valence electrons. The Balaban J connectivity index is 2.01. The van der Waals surface area contributed by atoms with E-state index < -0.39 is 5.97 Å². The number of carbonyl (C=O) groups excluding carboxylic acids is 1. The number of thioether (sulfide) groups is 1. The average molecular weight is 323 g/mol. The predicted molar refractivity (Wildman–Crippen MR) is 82.0 cm³/mol. The van der Waals surface area contributed by atoms with Gasteiger partial charge in [0.05, 0.1) is 17.0 Å². The Morgan fingerprint density at radius 2 is 1.95 bits per heavy atom. The summed E-state index contributed by atoms with van der Waals surface area (Å²) in [6.07, 6.45) is 3.28. The van der Waals surface area contributed by atoms with Crippen molar-refractivity contribution in [3.63, 3.8) is 0 Å². The van der Waals surface area contributed by atoms with E-state index in [2.05, 4.69) is 10.3 Å². The number of hydrogen-bond acceptors (Lipinski definition) is 4. The lowest BCUT2D eigenvalue weighted by molar-refractivity contribution is -0.113. The molecule has 5 nitrogen and oxygen atoms in total. The van der Waals surface area contributed by atoms with E-state index in [1.165, 1.54) is 30.0 Å². The molecule has 0 aliphatic carbocycles. The molecule has 0 fully saturated rings. The van der Waals surface area contributed by atoms with Crippen molar-refractivity contribution in [2.75, 3.05) is 11.1 Å². The Labute approximate surface area is 130 Å². The van der Waals surface area contributed by atoms with Crippen LogP contribution in [0, 0.1) is 0 Å². The predicted octanol–water partition coefficient (Wildman–Crippen LogP) is 3.16. The minimum absolute atomic E-state index is 0.0373. The second-order valence-electron chi connectivity index (χ2n) is 4.01. The van der Waals surface area contributed by atoms with Crippen LogP contribution in [0.25, 0.3) is 0 Å². The number of aromatic nitrogens is 1. The number of aromatic carboxylic acids is 1. The highest BCUT2D eigenvalue weighted by Gasteiger charge is 2.13. The average Bonchev–Trinajstić information content (AvgIpc) is 2.48. The van der Waals surface area contributed by atoms with Gasteiger partial charge in [0.1, 0.15) is 0 Å². The summed E-state index contributed by atoms with van der Waals surface area (Å²) in [5.41, 5.74) is 0.192. The van der Waals surface area contributed by atoms with Gasteiger partial charge in [-0.3, -0.25) is 9.78 Å². The molecule has 0 radical (unpaired) electrons. The van der Waals surface area contributed by atoms with Crippen molar-refractivity contribution in [2.45, 2.75) is 4.90 Å². The fourth-order valence-corrected chi connectivity index (χ4v) is 2.43. The van der Waals surface area contributed by atoms with Gasteiger partial charge >= 0.3 is 5.97 Å². The summed E-state index contributed by atoms with van der Waals surface area (Å²) in [5, 5.41) is 12.0. The molecule has 0 saturated carbocycles. The van der Waals surface area contributed by atoms with Crippen molar-refractivity contribution in [2.24, 2.45) is 0 Å².